The average molecular weight is 270 g/mol. The molecule has 0 atom stereocenters. The summed E-state index contributed by atoms with van der Waals surface area (Å²) >= 11 is 3.29. The van der Waals surface area contributed by atoms with Gasteiger partial charge in [0.15, 0.2) is 0 Å². The van der Waals surface area contributed by atoms with Crippen LogP contribution in [0.15, 0.2) is 24.3 Å². The molecule has 1 aromatic rings. The standard InChI is InChI=1S/C12H16BrNO/c1-3-14(12(15)7-8-13)11-6-4-5-10(2)9-11/h4-6,9H,3,7-8H2,1-2H3. The molecule has 1 rings (SSSR count). The van der Waals surface area contributed by atoms with Gasteiger partial charge in [0.2, 0.25) is 5.91 Å². The van der Waals surface area contributed by atoms with E-state index < -0.39 is 0 Å². The first-order valence-electron chi connectivity index (χ1n) is 5.12. The van der Waals surface area contributed by atoms with Gasteiger partial charge in [0.05, 0.1) is 0 Å². The highest BCUT2D eigenvalue weighted by Crippen LogP contribution is 2.16. The van der Waals surface area contributed by atoms with E-state index in [0.29, 0.717) is 11.8 Å². The van der Waals surface area contributed by atoms with Crippen molar-refractivity contribution in [1.29, 1.82) is 0 Å². The lowest BCUT2D eigenvalue weighted by atomic mass is 10.2. The Morgan fingerprint density at radius 2 is 2.20 bits per heavy atom. The number of amides is 1. The Kier molecular flexibility index (Phi) is 4.82. The molecule has 0 heterocycles. The lowest BCUT2D eigenvalue weighted by molar-refractivity contribution is -0.118. The zero-order valence-corrected chi connectivity index (χ0v) is 10.8. The number of rotatable bonds is 4. The first kappa shape index (κ1) is 12.2. The molecule has 0 unspecified atom stereocenters. The summed E-state index contributed by atoms with van der Waals surface area (Å²) in [6.45, 7) is 4.75. The minimum absolute atomic E-state index is 0.167. The number of carbonyl (C=O) groups excluding carboxylic acids is 1. The molecule has 3 heteroatoms. The molecule has 0 aliphatic carbocycles. The molecule has 0 N–H and O–H groups in total. The van der Waals surface area contributed by atoms with Crippen LogP contribution in [0.5, 0.6) is 0 Å². The molecule has 0 fully saturated rings. The molecule has 2 nitrogen and oxygen atoms in total. The molecule has 0 radical (unpaired) electrons. The number of benzene rings is 1. The zero-order chi connectivity index (χ0) is 11.3. The highest BCUT2D eigenvalue weighted by atomic mass is 79.9. The largest absolute Gasteiger partial charge is 0.313 e. The smallest absolute Gasteiger partial charge is 0.227 e. The molecule has 0 saturated heterocycles. The van der Waals surface area contributed by atoms with E-state index in [9.17, 15) is 4.79 Å². The van der Waals surface area contributed by atoms with Gasteiger partial charge in [0.1, 0.15) is 0 Å². The van der Waals surface area contributed by atoms with Gasteiger partial charge in [-0.3, -0.25) is 4.79 Å². The SMILES string of the molecule is CCN(C(=O)CCBr)c1cccc(C)c1. The average Bonchev–Trinajstić information content (AvgIpc) is 2.19. The van der Waals surface area contributed by atoms with Crippen LogP contribution < -0.4 is 4.90 Å². The number of nitrogens with zero attached hydrogens (tertiary/aromatic N) is 1. The fourth-order valence-corrected chi connectivity index (χ4v) is 1.85. The van der Waals surface area contributed by atoms with Crippen LogP contribution in [0.3, 0.4) is 0 Å². The maximum Gasteiger partial charge on any atom is 0.227 e. The van der Waals surface area contributed by atoms with E-state index in [4.69, 9.17) is 0 Å². The molecular formula is C12H16BrNO. The van der Waals surface area contributed by atoms with Crippen LogP contribution in [0.25, 0.3) is 0 Å². The van der Waals surface area contributed by atoms with Crippen molar-refractivity contribution in [2.24, 2.45) is 0 Å². The lowest BCUT2D eigenvalue weighted by Crippen LogP contribution is -2.30. The Morgan fingerprint density at radius 3 is 2.73 bits per heavy atom. The van der Waals surface area contributed by atoms with Gasteiger partial charge in [0.25, 0.3) is 0 Å². The summed E-state index contributed by atoms with van der Waals surface area (Å²) in [7, 11) is 0. The predicted molar refractivity (Wildman–Crippen MR) is 67.6 cm³/mol. The number of aryl methyl sites for hydroxylation is 1. The van der Waals surface area contributed by atoms with Gasteiger partial charge in [-0.05, 0) is 31.5 Å². The fourth-order valence-electron chi connectivity index (χ4n) is 1.51. The summed E-state index contributed by atoms with van der Waals surface area (Å²) in [5.41, 5.74) is 2.17. The molecule has 0 aliphatic heterocycles. The Labute approximate surface area is 99.4 Å². The van der Waals surface area contributed by atoms with Gasteiger partial charge in [-0.2, -0.15) is 0 Å². The van der Waals surface area contributed by atoms with E-state index in [0.717, 1.165) is 12.2 Å². The highest BCUT2D eigenvalue weighted by Gasteiger charge is 2.12. The second-order valence-electron chi connectivity index (χ2n) is 3.42. The third kappa shape index (κ3) is 3.34. The first-order valence-corrected chi connectivity index (χ1v) is 6.24. The molecule has 0 aromatic heterocycles. The number of hydrogen-bond acceptors (Lipinski definition) is 1. The Morgan fingerprint density at radius 1 is 1.47 bits per heavy atom. The molecule has 1 amide bonds. The van der Waals surface area contributed by atoms with Crippen molar-refractivity contribution in [2.45, 2.75) is 20.3 Å². The molecule has 82 valence electrons. The van der Waals surface area contributed by atoms with Crippen LogP contribution in [-0.2, 0) is 4.79 Å². The van der Waals surface area contributed by atoms with Gasteiger partial charge < -0.3 is 4.90 Å². The van der Waals surface area contributed by atoms with Crippen LogP contribution in [0.4, 0.5) is 5.69 Å². The predicted octanol–water partition coefficient (Wildman–Crippen LogP) is 3.13. The van der Waals surface area contributed by atoms with Crippen LogP contribution in [0, 0.1) is 6.92 Å². The maximum atomic E-state index is 11.8. The van der Waals surface area contributed by atoms with E-state index in [1.165, 1.54) is 5.56 Å². The summed E-state index contributed by atoms with van der Waals surface area (Å²) in [5, 5.41) is 0.716. The molecule has 0 saturated carbocycles. The van der Waals surface area contributed by atoms with Crippen LogP contribution in [0.2, 0.25) is 0 Å². The topological polar surface area (TPSA) is 20.3 Å². The summed E-state index contributed by atoms with van der Waals surface area (Å²) in [4.78, 5) is 13.6. The summed E-state index contributed by atoms with van der Waals surface area (Å²) < 4.78 is 0. The van der Waals surface area contributed by atoms with Crippen molar-refractivity contribution in [1.82, 2.24) is 0 Å². The van der Waals surface area contributed by atoms with E-state index >= 15 is 0 Å². The van der Waals surface area contributed by atoms with E-state index in [1.807, 2.05) is 43.0 Å². The number of anilines is 1. The normalized spacial score (nSPS) is 10.1. The van der Waals surface area contributed by atoms with Gasteiger partial charge in [0, 0.05) is 24.0 Å². The Hall–Kier alpha value is -0.830. The van der Waals surface area contributed by atoms with Gasteiger partial charge in [-0.15, -0.1) is 0 Å². The quantitative estimate of drug-likeness (QED) is 0.770. The fraction of sp³-hybridized carbons (Fsp3) is 0.417. The van der Waals surface area contributed by atoms with E-state index in [1.54, 1.807) is 0 Å². The first-order chi connectivity index (χ1) is 7.19. The van der Waals surface area contributed by atoms with Crippen molar-refractivity contribution in [3.05, 3.63) is 29.8 Å². The van der Waals surface area contributed by atoms with Gasteiger partial charge in [-0.1, -0.05) is 28.1 Å². The Bertz CT molecular complexity index is 338. The third-order valence-corrected chi connectivity index (χ3v) is 2.64. The summed E-state index contributed by atoms with van der Waals surface area (Å²) in [5.74, 6) is 0.167. The maximum absolute atomic E-state index is 11.8. The number of carbonyl (C=O) groups is 1. The second kappa shape index (κ2) is 5.91. The highest BCUT2D eigenvalue weighted by molar-refractivity contribution is 9.09. The number of halogens is 1. The van der Waals surface area contributed by atoms with Crippen LogP contribution in [0.1, 0.15) is 18.9 Å². The number of hydrogen-bond donors (Lipinski definition) is 0. The van der Waals surface area contributed by atoms with Crippen molar-refractivity contribution in [2.75, 3.05) is 16.8 Å². The van der Waals surface area contributed by atoms with Crippen LogP contribution in [-0.4, -0.2) is 17.8 Å². The van der Waals surface area contributed by atoms with Crippen molar-refractivity contribution >= 4 is 27.5 Å². The summed E-state index contributed by atoms with van der Waals surface area (Å²) in [6.07, 6.45) is 0.543. The molecule has 0 spiro atoms. The number of alkyl halides is 1. The molecule has 1 aromatic carbocycles. The molecular weight excluding hydrogens is 254 g/mol. The minimum Gasteiger partial charge on any atom is -0.313 e. The summed E-state index contributed by atoms with van der Waals surface area (Å²) in [6, 6.07) is 8.03. The minimum atomic E-state index is 0.167. The second-order valence-corrected chi connectivity index (χ2v) is 4.21. The zero-order valence-electron chi connectivity index (χ0n) is 9.16. The van der Waals surface area contributed by atoms with Crippen molar-refractivity contribution in [3.63, 3.8) is 0 Å². The van der Waals surface area contributed by atoms with Gasteiger partial charge >= 0.3 is 0 Å². The Balaban J connectivity index is 2.87. The molecule has 0 aliphatic rings. The van der Waals surface area contributed by atoms with E-state index in [-0.39, 0.29) is 5.91 Å². The van der Waals surface area contributed by atoms with Crippen LogP contribution >= 0.6 is 15.9 Å². The molecule has 0 bridgehead atoms. The third-order valence-electron chi connectivity index (χ3n) is 2.24. The monoisotopic (exact) mass is 269 g/mol. The van der Waals surface area contributed by atoms with E-state index in [2.05, 4.69) is 15.9 Å². The lowest BCUT2D eigenvalue weighted by Gasteiger charge is -2.21. The van der Waals surface area contributed by atoms with Crippen molar-refractivity contribution in [3.8, 4) is 0 Å². The van der Waals surface area contributed by atoms with Gasteiger partial charge in [-0.25, -0.2) is 0 Å². The molecule has 15 heavy (non-hydrogen) atoms. The van der Waals surface area contributed by atoms with Crippen molar-refractivity contribution < 1.29 is 4.79 Å².